The summed E-state index contributed by atoms with van der Waals surface area (Å²) in [5.74, 6) is 1.97. The molecule has 2 aromatic rings. The zero-order chi connectivity index (χ0) is 21.2. The lowest BCUT2D eigenvalue weighted by molar-refractivity contribution is 0.277. The first-order chi connectivity index (χ1) is 14.7. The zero-order valence-corrected chi connectivity index (χ0v) is 18.7. The van der Waals surface area contributed by atoms with Crippen molar-refractivity contribution in [3.8, 4) is 17.1 Å². The highest BCUT2D eigenvalue weighted by molar-refractivity contribution is 5.60. The minimum Gasteiger partial charge on any atom is -0.477 e. The maximum atomic E-state index is 14.7. The summed E-state index contributed by atoms with van der Waals surface area (Å²) >= 11 is 0. The van der Waals surface area contributed by atoms with Crippen molar-refractivity contribution >= 4 is 0 Å². The van der Waals surface area contributed by atoms with Gasteiger partial charge in [-0.3, -0.25) is 0 Å². The van der Waals surface area contributed by atoms with Crippen molar-refractivity contribution in [3.05, 3.63) is 41.7 Å². The van der Waals surface area contributed by atoms with E-state index in [0.29, 0.717) is 23.7 Å². The van der Waals surface area contributed by atoms with Crippen LogP contribution in [0.25, 0.3) is 11.3 Å². The summed E-state index contributed by atoms with van der Waals surface area (Å²) in [6, 6.07) is 9.12. The van der Waals surface area contributed by atoms with Gasteiger partial charge in [-0.25, -0.2) is 4.39 Å². The van der Waals surface area contributed by atoms with Crippen LogP contribution < -0.4 is 4.74 Å². The van der Waals surface area contributed by atoms with Gasteiger partial charge in [-0.05, 0) is 54.9 Å². The molecular formula is C26H37FN2O. The Morgan fingerprint density at radius 2 is 1.77 bits per heavy atom. The van der Waals surface area contributed by atoms with Gasteiger partial charge in [0.05, 0.1) is 12.3 Å². The average Bonchev–Trinajstić information content (AvgIpc) is 2.76. The SMILES string of the molecule is CCCCCCCOc1ccc(-c2ccc(CCC3CCC(C)CC3)cc2F)nn1. The van der Waals surface area contributed by atoms with Crippen LogP contribution in [0.2, 0.25) is 0 Å². The number of ether oxygens (including phenoxy) is 1. The third-order valence-corrected chi connectivity index (χ3v) is 6.42. The third kappa shape index (κ3) is 7.07. The molecule has 1 aromatic heterocycles. The first-order valence-corrected chi connectivity index (χ1v) is 11.9. The average molecular weight is 413 g/mol. The number of nitrogens with zero attached hydrogens (tertiary/aromatic N) is 2. The lowest BCUT2D eigenvalue weighted by Gasteiger charge is -2.26. The Labute approximate surface area is 181 Å². The van der Waals surface area contributed by atoms with E-state index < -0.39 is 0 Å². The molecule has 30 heavy (non-hydrogen) atoms. The second-order valence-corrected chi connectivity index (χ2v) is 9.00. The number of unbranched alkanes of at least 4 members (excludes halogenated alkanes) is 4. The summed E-state index contributed by atoms with van der Waals surface area (Å²) in [7, 11) is 0. The van der Waals surface area contributed by atoms with Gasteiger partial charge < -0.3 is 4.74 Å². The van der Waals surface area contributed by atoms with Gasteiger partial charge in [-0.1, -0.05) is 71.3 Å². The van der Waals surface area contributed by atoms with E-state index in [2.05, 4.69) is 24.0 Å². The number of hydrogen-bond donors (Lipinski definition) is 0. The van der Waals surface area contributed by atoms with Gasteiger partial charge in [-0.15, -0.1) is 10.2 Å². The highest BCUT2D eigenvalue weighted by atomic mass is 19.1. The summed E-state index contributed by atoms with van der Waals surface area (Å²) in [5.41, 5.74) is 2.13. The van der Waals surface area contributed by atoms with E-state index in [1.165, 1.54) is 51.4 Å². The van der Waals surface area contributed by atoms with Crippen LogP contribution in [0.1, 0.15) is 83.6 Å². The number of halogens is 1. The van der Waals surface area contributed by atoms with Crippen LogP contribution in [0.3, 0.4) is 0 Å². The van der Waals surface area contributed by atoms with E-state index in [1.807, 2.05) is 12.1 Å². The highest BCUT2D eigenvalue weighted by Crippen LogP contribution is 2.31. The second-order valence-electron chi connectivity index (χ2n) is 9.00. The Bertz CT molecular complexity index is 754. The van der Waals surface area contributed by atoms with E-state index in [1.54, 1.807) is 18.2 Å². The van der Waals surface area contributed by atoms with Crippen molar-refractivity contribution < 1.29 is 9.13 Å². The normalized spacial score (nSPS) is 19.0. The third-order valence-electron chi connectivity index (χ3n) is 6.42. The van der Waals surface area contributed by atoms with Gasteiger partial charge >= 0.3 is 0 Å². The highest BCUT2D eigenvalue weighted by Gasteiger charge is 2.18. The van der Waals surface area contributed by atoms with Crippen LogP contribution in [0, 0.1) is 17.7 Å². The van der Waals surface area contributed by atoms with Crippen LogP contribution in [0.5, 0.6) is 5.88 Å². The first-order valence-electron chi connectivity index (χ1n) is 11.9. The number of aryl methyl sites for hydroxylation is 1. The van der Waals surface area contributed by atoms with Crippen molar-refractivity contribution in [3.63, 3.8) is 0 Å². The number of rotatable bonds is 11. The standard InChI is InChI=1S/C26H37FN2O/c1-3-4-5-6-7-18-30-26-17-16-25(28-29-26)23-15-14-22(19-24(23)27)13-12-21-10-8-20(2)9-11-21/h14-17,19-21H,3-13,18H2,1-2H3. The summed E-state index contributed by atoms with van der Waals surface area (Å²) in [5, 5.41) is 8.30. The summed E-state index contributed by atoms with van der Waals surface area (Å²) in [6.45, 7) is 5.21. The summed E-state index contributed by atoms with van der Waals surface area (Å²) < 4.78 is 20.4. The lowest BCUT2D eigenvalue weighted by atomic mass is 9.80. The molecule has 0 atom stereocenters. The molecule has 164 valence electrons. The largest absolute Gasteiger partial charge is 0.477 e. The molecule has 0 amide bonds. The Kier molecular flexibility index (Phi) is 9.10. The van der Waals surface area contributed by atoms with E-state index in [-0.39, 0.29) is 5.82 Å². The molecule has 0 N–H and O–H groups in total. The van der Waals surface area contributed by atoms with E-state index in [9.17, 15) is 4.39 Å². The molecule has 0 unspecified atom stereocenters. The molecule has 0 bridgehead atoms. The van der Waals surface area contributed by atoms with Gasteiger partial charge in [-0.2, -0.15) is 0 Å². The number of hydrogen-bond acceptors (Lipinski definition) is 3. The smallest absolute Gasteiger partial charge is 0.233 e. The number of aromatic nitrogens is 2. The van der Waals surface area contributed by atoms with Crippen LogP contribution in [0.15, 0.2) is 30.3 Å². The number of benzene rings is 1. The van der Waals surface area contributed by atoms with Crippen molar-refractivity contribution in [2.24, 2.45) is 11.8 Å². The molecule has 4 heteroatoms. The van der Waals surface area contributed by atoms with Crippen LogP contribution >= 0.6 is 0 Å². The molecule has 1 fully saturated rings. The maximum Gasteiger partial charge on any atom is 0.233 e. The lowest BCUT2D eigenvalue weighted by Crippen LogP contribution is -2.12. The molecule has 1 saturated carbocycles. The minimum absolute atomic E-state index is 0.219. The van der Waals surface area contributed by atoms with Gasteiger partial charge in [0.15, 0.2) is 0 Å². The Morgan fingerprint density at radius 3 is 2.47 bits per heavy atom. The van der Waals surface area contributed by atoms with E-state index >= 15 is 0 Å². The molecule has 1 heterocycles. The maximum absolute atomic E-state index is 14.7. The summed E-state index contributed by atoms with van der Waals surface area (Å²) in [6.07, 6.45) is 13.4. The minimum atomic E-state index is -0.219. The fourth-order valence-electron chi connectivity index (χ4n) is 4.33. The molecule has 1 aliphatic rings. The van der Waals surface area contributed by atoms with Crippen molar-refractivity contribution in [1.29, 1.82) is 0 Å². The van der Waals surface area contributed by atoms with Gasteiger partial charge in [0, 0.05) is 11.6 Å². The fourth-order valence-corrected chi connectivity index (χ4v) is 4.33. The van der Waals surface area contributed by atoms with E-state index in [0.717, 1.165) is 36.7 Å². The monoisotopic (exact) mass is 412 g/mol. The molecule has 1 aliphatic carbocycles. The molecule has 0 saturated heterocycles. The second kappa shape index (κ2) is 12.0. The predicted octanol–water partition coefficient (Wildman–Crippen LogP) is 7.39. The Morgan fingerprint density at radius 1 is 0.967 bits per heavy atom. The summed E-state index contributed by atoms with van der Waals surface area (Å²) in [4.78, 5) is 0. The van der Waals surface area contributed by atoms with Crippen LogP contribution in [0.4, 0.5) is 4.39 Å². The molecule has 0 aliphatic heterocycles. The Hall–Kier alpha value is -1.97. The van der Waals surface area contributed by atoms with Gasteiger partial charge in [0.1, 0.15) is 5.82 Å². The van der Waals surface area contributed by atoms with Crippen LogP contribution in [-0.4, -0.2) is 16.8 Å². The van der Waals surface area contributed by atoms with E-state index in [4.69, 9.17) is 4.74 Å². The molecule has 3 rings (SSSR count). The van der Waals surface area contributed by atoms with Crippen molar-refractivity contribution in [1.82, 2.24) is 10.2 Å². The van der Waals surface area contributed by atoms with Gasteiger partial charge in [0.2, 0.25) is 5.88 Å². The molecule has 0 spiro atoms. The van der Waals surface area contributed by atoms with Crippen molar-refractivity contribution in [2.75, 3.05) is 6.61 Å². The molecule has 3 nitrogen and oxygen atoms in total. The first kappa shape index (κ1) is 22.7. The fraction of sp³-hybridized carbons (Fsp3) is 0.615. The molecular weight excluding hydrogens is 375 g/mol. The Balaban J connectivity index is 1.48. The van der Waals surface area contributed by atoms with Crippen molar-refractivity contribution in [2.45, 2.75) is 84.5 Å². The predicted molar refractivity (Wildman–Crippen MR) is 121 cm³/mol. The van der Waals surface area contributed by atoms with Gasteiger partial charge in [0.25, 0.3) is 0 Å². The van der Waals surface area contributed by atoms with Crippen LogP contribution in [-0.2, 0) is 6.42 Å². The molecule has 1 aromatic carbocycles. The zero-order valence-electron chi connectivity index (χ0n) is 18.7. The topological polar surface area (TPSA) is 35.0 Å². The quantitative estimate of drug-likeness (QED) is 0.361. The molecule has 0 radical (unpaired) electrons.